The van der Waals surface area contributed by atoms with E-state index in [2.05, 4.69) is 219 Å². The topological polar surface area (TPSA) is 6.48 Å². The quantitative estimate of drug-likeness (QED) is 0.158. The summed E-state index contributed by atoms with van der Waals surface area (Å²) < 4.78 is 0. The third kappa shape index (κ3) is 5.90. The van der Waals surface area contributed by atoms with Gasteiger partial charge in [0.2, 0.25) is 0 Å². The maximum atomic E-state index is 2.48. The molecule has 10 aromatic rings. The van der Waals surface area contributed by atoms with Gasteiger partial charge in [-0.15, -0.1) is 0 Å². The third-order valence-corrected chi connectivity index (χ3v) is 11.1. The first-order chi connectivity index (χ1) is 27.4. The minimum atomic E-state index is 0.0255. The molecule has 0 unspecified atom stereocenters. The summed E-state index contributed by atoms with van der Waals surface area (Å²) in [7, 11) is 0. The number of benzene rings is 10. The van der Waals surface area contributed by atoms with Crippen molar-refractivity contribution in [2.24, 2.45) is 0 Å². The largest absolute Gasteiger partial charge is 0.309 e. The molecular weight excluding hydrogens is 677 g/mol. The zero-order chi connectivity index (χ0) is 38.4. The van der Waals surface area contributed by atoms with Crippen molar-refractivity contribution < 1.29 is 0 Å². The van der Waals surface area contributed by atoms with Crippen molar-refractivity contribution in [3.05, 3.63) is 194 Å². The molecule has 2 nitrogen and oxygen atoms in total. The van der Waals surface area contributed by atoms with Crippen LogP contribution in [0.5, 0.6) is 0 Å². The van der Waals surface area contributed by atoms with E-state index in [9.17, 15) is 0 Å². The fraction of sp³-hybridized carbons (Fsp3) is 0.111. The average molecular weight is 723 g/mol. The van der Waals surface area contributed by atoms with E-state index in [4.69, 9.17) is 0 Å². The van der Waals surface area contributed by atoms with Crippen molar-refractivity contribution >= 4 is 88.0 Å². The SMILES string of the molecule is CC.CC(C)(C)c1cc2ccc3c(N(c4ccccc4)c4cccc5ccccc45)cc(N(c4ccccc4)c4cccc5ccccc45)c4ccc(c1)c2c34. The Morgan fingerprint density at radius 2 is 0.732 bits per heavy atom. The Morgan fingerprint density at radius 3 is 1.18 bits per heavy atom. The molecule has 0 atom stereocenters. The van der Waals surface area contributed by atoms with Gasteiger partial charge >= 0.3 is 0 Å². The molecule has 10 aromatic carbocycles. The lowest BCUT2D eigenvalue weighted by atomic mass is 9.83. The molecule has 0 radical (unpaired) electrons. The molecule has 0 saturated carbocycles. The minimum absolute atomic E-state index is 0.0255. The van der Waals surface area contributed by atoms with Crippen molar-refractivity contribution in [3.8, 4) is 0 Å². The number of nitrogens with zero attached hydrogens (tertiary/aromatic N) is 2. The lowest BCUT2D eigenvalue weighted by molar-refractivity contribution is 0.591. The maximum absolute atomic E-state index is 2.48. The lowest BCUT2D eigenvalue weighted by Crippen LogP contribution is -2.15. The zero-order valence-electron chi connectivity index (χ0n) is 32.8. The number of hydrogen-bond donors (Lipinski definition) is 0. The van der Waals surface area contributed by atoms with Crippen LogP contribution in [-0.4, -0.2) is 0 Å². The highest BCUT2D eigenvalue weighted by Crippen LogP contribution is 2.52. The van der Waals surface area contributed by atoms with E-state index in [1.807, 2.05) is 13.8 Å². The van der Waals surface area contributed by atoms with E-state index in [-0.39, 0.29) is 5.41 Å². The molecule has 0 spiro atoms. The Morgan fingerprint density at radius 1 is 0.321 bits per heavy atom. The summed E-state index contributed by atoms with van der Waals surface area (Å²) in [5.74, 6) is 0. The van der Waals surface area contributed by atoms with E-state index >= 15 is 0 Å². The Bertz CT molecular complexity index is 2770. The molecule has 0 fully saturated rings. The second-order valence-electron chi connectivity index (χ2n) is 15.4. The van der Waals surface area contributed by atoms with Crippen LogP contribution in [0.2, 0.25) is 0 Å². The molecule has 0 heterocycles. The molecule has 2 heteroatoms. The van der Waals surface area contributed by atoms with Crippen molar-refractivity contribution in [2.45, 2.75) is 40.0 Å². The summed E-state index contributed by atoms with van der Waals surface area (Å²) in [4.78, 5) is 4.95. The van der Waals surface area contributed by atoms with Crippen LogP contribution in [0, 0.1) is 0 Å². The molecule has 272 valence electrons. The van der Waals surface area contributed by atoms with Crippen LogP contribution < -0.4 is 9.80 Å². The van der Waals surface area contributed by atoms with E-state index < -0.39 is 0 Å². The van der Waals surface area contributed by atoms with Gasteiger partial charge in [-0.3, -0.25) is 0 Å². The monoisotopic (exact) mass is 722 g/mol. The average Bonchev–Trinajstić information content (AvgIpc) is 3.25. The van der Waals surface area contributed by atoms with Crippen molar-refractivity contribution in [1.82, 2.24) is 0 Å². The molecule has 0 bridgehead atoms. The summed E-state index contributed by atoms with van der Waals surface area (Å²) in [5, 5.41) is 12.4. The second-order valence-corrected chi connectivity index (χ2v) is 15.4. The highest BCUT2D eigenvalue weighted by Gasteiger charge is 2.26. The van der Waals surface area contributed by atoms with Crippen LogP contribution in [0.4, 0.5) is 34.1 Å². The van der Waals surface area contributed by atoms with Gasteiger partial charge in [-0.2, -0.15) is 0 Å². The number of para-hydroxylation sites is 2. The second kappa shape index (κ2) is 14.2. The fourth-order valence-electron chi connectivity index (χ4n) is 8.46. The van der Waals surface area contributed by atoms with Crippen LogP contribution >= 0.6 is 0 Å². The molecule has 56 heavy (non-hydrogen) atoms. The van der Waals surface area contributed by atoms with Gasteiger partial charge in [-0.05, 0) is 80.4 Å². The molecule has 0 saturated heterocycles. The van der Waals surface area contributed by atoms with Gasteiger partial charge in [0.15, 0.2) is 0 Å². The van der Waals surface area contributed by atoms with Crippen molar-refractivity contribution in [3.63, 3.8) is 0 Å². The Kier molecular flexibility index (Phi) is 8.90. The third-order valence-electron chi connectivity index (χ3n) is 11.1. The molecular formula is C54H46N2. The van der Waals surface area contributed by atoms with Gasteiger partial charge in [0.25, 0.3) is 0 Å². The molecule has 0 N–H and O–H groups in total. The molecule has 0 aliphatic heterocycles. The lowest BCUT2D eigenvalue weighted by Gasteiger charge is -2.33. The van der Waals surface area contributed by atoms with Crippen molar-refractivity contribution in [1.29, 1.82) is 0 Å². The highest BCUT2D eigenvalue weighted by atomic mass is 15.2. The predicted octanol–water partition coefficient (Wildman–Crippen LogP) is 16.2. The van der Waals surface area contributed by atoms with Crippen LogP contribution in [0.3, 0.4) is 0 Å². The van der Waals surface area contributed by atoms with E-state index in [1.54, 1.807) is 0 Å². The van der Waals surface area contributed by atoms with Gasteiger partial charge in [-0.1, -0.05) is 180 Å². The smallest absolute Gasteiger partial charge is 0.0561 e. The first-order valence-electron chi connectivity index (χ1n) is 19.9. The fourth-order valence-corrected chi connectivity index (χ4v) is 8.46. The van der Waals surface area contributed by atoms with Crippen LogP contribution in [0.25, 0.3) is 53.9 Å². The molecule has 0 aromatic heterocycles. The molecule has 0 amide bonds. The summed E-state index contributed by atoms with van der Waals surface area (Å²) >= 11 is 0. The van der Waals surface area contributed by atoms with E-state index in [0.29, 0.717) is 0 Å². The molecule has 0 aliphatic carbocycles. The normalized spacial score (nSPS) is 11.7. The van der Waals surface area contributed by atoms with Crippen molar-refractivity contribution in [2.75, 3.05) is 9.80 Å². The van der Waals surface area contributed by atoms with E-state index in [0.717, 1.165) is 34.1 Å². The number of fused-ring (bicyclic) bond motifs is 2. The summed E-state index contributed by atoms with van der Waals surface area (Å²) in [6, 6.07) is 69.2. The van der Waals surface area contributed by atoms with E-state index in [1.165, 1.54) is 59.4 Å². The highest BCUT2D eigenvalue weighted by molar-refractivity contribution is 6.29. The zero-order valence-corrected chi connectivity index (χ0v) is 32.8. The first kappa shape index (κ1) is 35.1. The van der Waals surface area contributed by atoms with Gasteiger partial charge < -0.3 is 9.80 Å². The number of rotatable bonds is 6. The number of anilines is 6. The molecule has 10 rings (SSSR count). The summed E-state index contributed by atoms with van der Waals surface area (Å²) in [6.45, 7) is 10.9. The van der Waals surface area contributed by atoms with Crippen LogP contribution in [0.1, 0.15) is 40.2 Å². The minimum Gasteiger partial charge on any atom is -0.309 e. The summed E-state index contributed by atoms with van der Waals surface area (Å²) in [5.41, 5.74) is 8.15. The summed E-state index contributed by atoms with van der Waals surface area (Å²) in [6.07, 6.45) is 0. The first-order valence-corrected chi connectivity index (χ1v) is 19.9. The van der Waals surface area contributed by atoms with Gasteiger partial charge in [-0.25, -0.2) is 0 Å². The Hall–Kier alpha value is -6.64. The maximum Gasteiger partial charge on any atom is 0.0561 e. The molecule has 0 aliphatic rings. The van der Waals surface area contributed by atoms with Gasteiger partial charge in [0.1, 0.15) is 0 Å². The Balaban J connectivity index is 0.00000202. The van der Waals surface area contributed by atoms with Crippen LogP contribution in [0.15, 0.2) is 188 Å². The van der Waals surface area contributed by atoms with Gasteiger partial charge in [0.05, 0.1) is 22.7 Å². The standard InChI is InChI=1S/C52H40N2.C2H6/c1-52(2,3)39-32-37-28-30-44-48(53(40-20-6-4-7-21-40)46-26-14-18-35-16-10-12-24-42(35)46)34-49(45-31-29-38(33-39)50(37)51(44)45)54(41-22-8-5-9-23-41)47-27-15-19-36-17-11-13-25-43(36)47;1-2/h4-34H,1-3H3;1-2H3. The Labute approximate surface area is 330 Å². The van der Waals surface area contributed by atoms with Gasteiger partial charge in [0, 0.05) is 38.3 Å². The number of hydrogen-bond acceptors (Lipinski definition) is 2. The predicted molar refractivity (Wildman–Crippen MR) is 245 cm³/mol. The van der Waals surface area contributed by atoms with Crippen LogP contribution in [-0.2, 0) is 5.41 Å².